The van der Waals surface area contributed by atoms with Gasteiger partial charge in [-0.05, 0) is 38.0 Å². The predicted octanol–water partition coefficient (Wildman–Crippen LogP) is 2.75. The summed E-state index contributed by atoms with van der Waals surface area (Å²) in [6.07, 6.45) is 1.71. The molecule has 0 aliphatic carbocycles. The highest BCUT2D eigenvalue weighted by Crippen LogP contribution is 2.26. The van der Waals surface area contributed by atoms with E-state index in [0.717, 1.165) is 11.2 Å². The second-order valence-corrected chi connectivity index (χ2v) is 4.94. The van der Waals surface area contributed by atoms with E-state index in [4.69, 9.17) is 4.74 Å². The topological polar surface area (TPSA) is 52.8 Å². The summed E-state index contributed by atoms with van der Waals surface area (Å²) in [6.45, 7) is 6.26. The molecule has 0 fully saturated rings. The molecular weight excluding hydrogens is 252 g/mol. The lowest BCUT2D eigenvalue weighted by molar-refractivity contribution is 0.402. The number of benzene rings is 1. The summed E-state index contributed by atoms with van der Waals surface area (Å²) < 4.78 is 7.08. The average molecular weight is 268 g/mol. The van der Waals surface area contributed by atoms with Crippen LogP contribution in [0, 0.1) is 20.8 Å². The van der Waals surface area contributed by atoms with E-state index in [-0.39, 0.29) is 0 Å². The maximum atomic E-state index is 5.23. The van der Waals surface area contributed by atoms with Crippen molar-refractivity contribution in [3.63, 3.8) is 0 Å². The van der Waals surface area contributed by atoms with Crippen LogP contribution >= 0.6 is 0 Å². The molecule has 0 spiro atoms. The van der Waals surface area contributed by atoms with Crippen molar-refractivity contribution >= 4 is 11.0 Å². The van der Waals surface area contributed by atoms with Crippen molar-refractivity contribution in [3.05, 3.63) is 41.1 Å². The fraction of sp³-hybridized carbons (Fsp3) is 0.267. The lowest BCUT2D eigenvalue weighted by Crippen LogP contribution is -2.03. The Morgan fingerprint density at radius 1 is 1.10 bits per heavy atom. The minimum absolute atomic E-state index is 0.496. The van der Waals surface area contributed by atoms with Gasteiger partial charge in [-0.3, -0.25) is 0 Å². The van der Waals surface area contributed by atoms with E-state index in [1.54, 1.807) is 13.3 Å². The van der Waals surface area contributed by atoms with Crippen molar-refractivity contribution < 1.29 is 4.74 Å². The van der Waals surface area contributed by atoms with Crippen molar-refractivity contribution in [2.45, 2.75) is 20.8 Å². The van der Waals surface area contributed by atoms with Crippen LogP contribution in [0.25, 0.3) is 16.7 Å². The highest BCUT2D eigenvalue weighted by Gasteiger charge is 2.14. The predicted molar refractivity (Wildman–Crippen MR) is 77.4 cm³/mol. The third kappa shape index (κ3) is 1.82. The maximum absolute atomic E-state index is 5.23. The molecule has 102 valence electrons. The largest absolute Gasteiger partial charge is 0.479 e. The molecule has 0 aliphatic rings. The van der Waals surface area contributed by atoms with Crippen LogP contribution < -0.4 is 4.74 Å². The number of methoxy groups -OCH3 is 1. The second kappa shape index (κ2) is 4.59. The third-order valence-corrected chi connectivity index (χ3v) is 3.37. The van der Waals surface area contributed by atoms with Gasteiger partial charge in [0.2, 0.25) is 5.88 Å². The number of rotatable bonds is 2. The molecule has 0 amide bonds. The van der Waals surface area contributed by atoms with E-state index >= 15 is 0 Å². The molecule has 3 rings (SSSR count). The molecule has 0 bridgehead atoms. The lowest BCUT2D eigenvalue weighted by Gasteiger charge is -2.11. The van der Waals surface area contributed by atoms with E-state index in [2.05, 4.69) is 48.2 Å². The maximum Gasteiger partial charge on any atom is 0.243 e. The molecule has 3 aromatic rings. The van der Waals surface area contributed by atoms with Crippen LogP contribution in [0.3, 0.4) is 0 Å². The van der Waals surface area contributed by atoms with E-state index in [0.29, 0.717) is 11.4 Å². The molecule has 0 aliphatic heterocycles. The molecule has 2 aromatic heterocycles. The van der Waals surface area contributed by atoms with E-state index in [1.807, 2.05) is 10.7 Å². The van der Waals surface area contributed by atoms with Gasteiger partial charge in [-0.15, -0.1) is 5.10 Å². The van der Waals surface area contributed by atoms with Crippen LogP contribution in [0.2, 0.25) is 0 Å². The average Bonchev–Trinajstić information content (AvgIpc) is 2.81. The SMILES string of the molecule is COc1nccc2c1nnn2-c1c(C)cc(C)cc1C. The van der Waals surface area contributed by atoms with Crippen LogP contribution in [0.15, 0.2) is 24.4 Å². The van der Waals surface area contributed by atoms with Gasteiger partial charge in [-0.2, -0.15) is 0 Å². The van der Waals surface area contributed by atoms with Gasteiger partial charge in [0.15, 0.2) is 5.52 Å². The molecule has 0 unspecified atom stereocenters. The van der Waals surface area contributed by atoms with Gasteiger partial charge in [0.1, 0.15) is 5.52 Å². The first-order valence-electron chi connectivity index (χ1n) is 6.44. The van der Waals surface area contributed by atoms with Crippen LogP contribution in [0.4, 0.5) is 0 Å². The first kappa shape index (κ1) is 12.6. The zero-order chi connectivity index (χ0) is 14.3. The van der Waals surface area contributed by atoms with Crippen molar-refractivity contribution in [2.75, 3.05) is 7.11 Å². The van der Waals surface area contributed by atoms with E-state index in [9.17, 15) is 0 Å². The summed E-state index contributed by atoms with van der Waals surface area (Å²) in [4.78, 5) is 4.15. The van der Waals surface area contributed by atoms with Crippen LogP contribution in [-0.4, -0.2) is 27.1 Å². The highest BCUT2D eigenvalue weighted by atomic mass is 16.5. The Morgan fingerprint density at radius 2 is 1.80 bits per heavy atom. The number of hydrogen-bond donors (Lipinski definition) is 0. The van der Waals surface area contributed by atoms with Crippen LogP contribution in [-0.2, 0) is 0 Å². The molecule has 0 N–H and O–H groups in total. The lowest BCUT2D eigenvalue weighted by atomic mass is 10.1. The standard InChI is InChI=1S/C15H16N4O/c1-9-7-10(2)14(11(3)8-9)19-12-5-6-16-15(20-4)13(12)17-18-19/h5-8H,1-4H3. The zero-order valence-electron chi connectivity index (χ0n) is 12.0. The van der Waals surface area contributed by atoms with Gasteiger partial charge in [-0.1, -0.05) is 22.9 Å². The molecule has 0 saturated heterocycles. The smallest absolute Gasteiger partial charge is 0.243 e. The summed E-state index contributed by atoms with van der Waals surface area (Å²) in [5.41, 5.74) is 6.22. The van der Waals surface area contributed by atoms with Crippen LogP contribution in [0.5, 0.6) is 5.88 Å². The first-order chi connectivity index (χ1) is 9.61. The molecule has 0 saturated carbocycles. The zero-order valence-corrected chi connectivity index (χ0v) is 12.0. The van der Waals surface area contributed by atoms with E-state index < -0.39 is 0 Å². The Hall–Kier alpha value is -2.43. The minimum Gasteiger partial charge on any atom is -0.479 e. The second-order valence-electron chi connectivity index (χ2n) is 4.94. The van der Waals surface area contributed by atoms with Crippen molar-refractivity contribution in [3.8, 4) is 11.6 Å². The normalized spacial score (nSPS) is 11.0. The fourth-order valence-electron chi connectivity index (χ4n) is 2.65. The third-order valence-electron chi connectivity index (χ3n) is 3.37. The monoisotopic (exact) mass is 268 g/mol. The molecule has 5 nitrogen and oxygen atoms in total. The quantitative estimate of drug-likeness (QED) is 0.717. The van der Waals surface area contributed by atoms with Crippen LogP contribution in [0.1, 0.15) is 16.7 Å². The highest BCUT2D eigenvalue weighted by molar-refractivity contribution is 5.81. The molecule has 1 aromatic carbocycles. The molecule has 2 heterocycles. The number of pyridine rings is 1. The molecular formula is C15H16N4O. The molecule has 0 radical (unpaired) electrons. The Bertz CT molecular complexity index is 769. The summed E-state index contributed by atoms with van der Waals surface area (Å²) in [5, 5.41) is 8.47. The van der Waals surface area contributed by atoms with Gasteiger partial charge >= 0.3 is 0 Å². The van der Waals surface area contributed by atoms with Gasteiger partial charge < -0.3 is 4.74 Å². The van der Waals surface area contributed by atoms with E-state index in [1.165, 1.54) is 16.7 Å². The number of nitrogens with zero attached hydrogens (tertiary/aromatic N) is 4. The Morgan fingerprint density at radius 3 is 2.45 bits per heavy atom. The molecule has 5 heteroatoms. The van der Waals surface area contributed by atoms with Gasteiger partial charge in [0, 0.05) is 6.20 Å². The molecule has 0 atom stereocenters. The number of fused-ring (bicyclic) bond motifs is 1. The molecule has 20 heavy (non-hydrogen) atoms. The van der Waals surface area contributed by atoms with Gasteiger partial charge in [0.25, 0.3) is 0 Å². The number of aromatic nitrogens is 4. The Labute approximate surface area is 117 Å². The number of ether oxygens (including phenoxy) is 1. The van der Waals surface area contributed by atoms with Crippen molar-refractivity contribution in [1.29, 1.82) is 0 Å². The Kier molecular flexibility index (Phi) is 2.89. The fourth-order valence-corrected chi connectivity index (χ4v) is 2.65. The summed E-state index contributed by atoms with van der Waals surface area (Å²) >= 11 is 0. The first-order valence-corrected chi connectivity index (χ1v) is 6.44. The summed E-state index contributed by atoms with van der Waals surface area (Å²) in [6, 6.07) is 6.19. The van der Waals surface area contributed by atoms with Crippen molar-refractivity contribution in [1.82, 2.24) is 20.0 Å². The van der Waals surface area contributed by atoms with Crippen molar-refractivity contribution in [2.24, 2.45) is 0 Å². The number of hydrogen-bond acceptors (Lipinski definition) is 4. The summed E-state index contributed by atoms with van der Waals surface area (Å²) in [5.74, 6) is 0.496. The number of aryl methyl sites for hydroxylation is 3. The summed E-state index contributed by atoms with van der Waals surface area (Å²) in [7, 11) is 1.59. The Balaban J connectivity index is 2.31. The van der Waals surface area contributed by atoms with Gasteiger partial charge in [0.05, 0.1) is 12.8 Å². The van der Waals surface area contributed by atoms with Gasteiger partial charge in [-0.25, -0.2) is 9.67 Å². The minimum atomic E-state index is 0.496.